The number of para-hydroxylation sites is 2. The lowest BCUT2D eigenvalue weighted by molar-refractivity contribution is -0.132. The zero-order valence-corrected chi connectivity index (χ0v) is 16.2. The van der Waals surface area contributed by atoms with Crippen molar-refractivity contribution in [1.29, 1.82) is 0 Å². The van der Waals surface area contributed by atoms with Crippen molar-refractivity contribution < 1.29 is 17.9 Å². The molecule has 2 saturated heterocycles. The molecule has 0 N–H and O–H groups in total. The summed E-state index contributed by atoms with van der Waals surface area (Å²) in [7, 11) is 0.417. The summed E-state index contributed by atoms with van der Waals surface area (Å²) in [6, 6.07) is 7.78. The predicted molar refractivity (Wildman–Crippen MR) is 101 cm³/mol. The second-order valence-electron chi connectivity index (χ2n) is 7.00. The fourth-order valence-electron chi connectivity index (χ4n) is 3.63. The molecule has 1 amide bonds. The summed E-state index contributed by atoms with van der Waals surface area (Å²) in [6.45, 7) is 3.58. The van der Waals surface area contributed by atoms with E-state index in [1.807, 2.05) is 24.3 Å². The number of amides is 1. The smallest absolute Gasteiger partial charge is 0.236 e. The SMILES string of the molecule is COc1ccccc1N1CCN(CC(=O)N(C)[C@H]2CCS(=O)(=O)C2)CC1. The highest BCUT2D eigenvalue weighted by Gasteiger charge is 2.33. The fraction of sp³-hybridized carbons (Fsp3) is 0.611. The number of methoxy groups -OCH3 is 1. The van der Waals surface area contributed by atoms with Gasteiger partial charge in [0.05, 0.1) is 30.8 Å². The molecule has 144 valence electrons. The topological polar surface area (TPSA) is 70.2 Å². The number of piperazine rings is 1. The Balaban J connectivity index is 1.51. The molecule has 0 spiro atoms. The molecule has 1 aromatic rings. The van der Waals surface area contributed by atoms with Gasteiger partial charge < -0.3 is 14.5 Å². The molecule has 26 heavy (non-hydrogen) atoms. The molecule has 2 aliphatic rings. The minimum absolute atomic E-state index is 0.00200. The van der Waals surface area contributed by atoms with Crippen molar-refractivity contribution in [2.75, 3.05) is 63.3 Å². The number of rotatable bonds is 5. The minimum Gasteiger partial charge on any atom is -0.495 e. The number of carbonyl (C=O) groups excluding carboxylic acids is 1. The van der Waals surface area contributed by atoms with E-state index in [2.05, 4.69) is 9.80 Å². The van der Waals surface area contributed by atoms with Gasteiger partial charge >= 0.3 is 0 Å². The molecule has 2 fully saturated rings. The molecule has 2 aliphatic heterocycles. The van der Waals surface area contributed by atoms with Crippen LogP contribution in [-0.4, -0.2) is 88.6 Å². The Morgan fingerprint density at radius 2 is 1.92 bits per heavy atom. The number of hydrogen-bond acceptors (Lipinski definition) is 6. The van der Waals surface area contributed by atoms with E-state index in [0.717, 1.165) is 37.6 Å². The highest BCUT2D eigenvalue weighted by atomic mass is 32.2. The van der Waals surface area contributed by atoms with Crippen LogP contribution in [0.1, 0.15) is 6.42 Å². The van der Waals surface area contributed by atoms with Crippen molar-refractivity contribution in [3.63, 3.8) is 0 Å². The average molecular weight is 381 g/mol. The molecular formula is C18H27N3O4S. The van der Waals surface area contributed by atoms with Crippen LogP contribution >= 0.6 is 0 Å². The Kier molecular flexibility index (Phi) is 5.72. The zero-order chi connectivity index (χ0) is 18.7. The molecule has 1 aromatic carbocycles. The van der Waals surface area contributed by atoms with Crippen molar-refractivity contribution in [1.82, 2.24) is 9.80 Å². The van der Waals surface area contributed by atoms with Gasteiger partial charge in [0.15, 0.2) is 9.84 Å². The quantitative estimate of drug-likeness (QED) is 0.738. The molecule has 0 saturated carbocycles. The number of nitrogens with zero attached hydrogens (tertiary/aromatic N) is 3. The van der Waals surface area contributed by atoms with Crippen LogP contribution in [0.15, 0.2) is 24.3 Å². The molecule has 0 unspecified atom stereocenters. The summed E-state index contributed by atoms with van der Waals surface area (Å²) in [6.07, 6.45) is 0.548. The van der Waals surface area contributed by atoms with E-state index in [0.29, 0.717) is 13.0 Å². The largest absolute Gasteiger partial charge is 0.495 e. The van der Waals surface area contributed by atoms with Crippen LogP contribution in [0.2, 0.25) is 0 Å². The van der Waals surface area contributed by atoms with E-state index < -0.39 is 9.84 Å². The van der Waals surface area contributed by atoms with Gasteiger partial charge in [-0.25, -0.2) is 8.42 Å². The first kappa shape index (κ1) is 19.0. The molecular weight excluding hydrogens is 354 g/mol. The van der Waals surface area contributed by atoms with Crippen molar-refractivity contribution in [2.45, 2.75) is 12.5 Å². The highest BCUT2D eigenvalue weighted by molar-refractivity contribution is 7.91. The molecule has 7 nitrogen and oxygen atoms in total. The molecule has 0 bridgehead atoms. The van der Waals surface area contributed by atoms with E-state index >= 15 is 0 Å². The first-order chi connectivity index (χ1) is 12.4. The van der Waals surface area contributed by atoms with Crippen LogP contribution in [0.4, 0.5) is 5.69 Å². The van der Waals surface area contributed by atoms with Crippen LogP contribution in [0, 0.1) is 0 Å². The van der Waals surface area contributed by atoms with Crippen molar-refractivity contribution in [3.8, 4) is 5.75 Å². The van der Waals surface area contributed by atoms with Crippen LogP contribution in [0.25, 0.3) is 0 Å². The number of ether oxygens (including phenoxy) is 1. The van der Waals surface area contributed by atoms with Gasteiger partial charge in [0, 0.05) is 39.3 Å². The third-order valence-electron chi connectivity index (χ3n) is 5.31. The Hall–Kier alpha value is -1.80. The number of likely N-dealkylation sites (N-methyl/N-ethyl adjacent to an activating group) is 1. The van der Waals surface area contributed by atoms with Gasteiger partial charge in [-0.1, -0.05) is 12.1 Å². The van der Waals surface area contributed by atoms with Crippen molar-refractivity contribution >= 4 is 21.4 Å². The van der Waals surface area contributed by atoms with Gasteiger partial charge in [0.1, 0.15) is 5.75 Å². The highest BCUT2D eigenvalue weighted by Crippen LogP contribution is 2.28. The molecule has 0 aromatic heterocycles. The number of benzene rings is 1. The first-order valence-electron chi connectivity index (χ1n) is 8.96. The summed E-state index contributed by atoms with van der Waals surface area (Å²) in [5, 5.41) is 0. The Labute approximate surface area is 155 Å². The van der Waals surface area contributed by atoms with Crippen molar-refractivity contribution in [3.05, 3.63) is 24.3 Å². The predicted octanol–water partition coefficient (Wildman–Crippen LogP) is 0.463. The third-order valence-corrected chi connectivity index (χ3v) is 7.06. The second-order valence-corrected chi connectivity index (χ2v) is 9.23. The number of sulfone groups is 1. The molecule has 2 heterocycles. The summed E-state index contributed by atoms with van der Waals surface area (Å²) in [5.74, 6) is 1.14. The fourth-order valence-corrected chi connectivity index (χ4v) is 5.40. The maximum Gasteiger partial charge on any atom is 0.236 e. The second kappa shape index (κ2) is 7.84. The van der Waals surface area contributed by atoms with Gasteiger partial charge in [-0.15, -0.1) is 0 Å². The third kappa shape index (κ3) is 4.29. The summed E-state index contributed by atoms with van der Waals surface area (Å²) < 4.78 is 28.7. The Bertz CT molecular complexity index is 745. The van der Waals surface area contributed by atoms with Gasteiger partial charge in [-0.2, -0.15) is 0 Å². The molecule has 3 rings (SSSR count). The normalized spacial score (nSPS) is 23.0. The summed E-state index contributed by atoms with van der Waals surface area (Å²) >= 11 is 0. The standard InChI is InChI=1S/C18H27N3O4S/c1-19(15-7-12-26(23,24)14-15)18(22)13-20-8-10-21(11-9-20)16-5-3-4-6-17(16)25-2/h3-6,15H,7-14H2,1-2H3/t15-/m0/s1. The van der Waals surface area contributed by atoms with E-state index in [-0.39, 0.29) is 23.5 Å². The van der Waals surface area contributed by atoms with Crippen LogP contribution in [0.3, 0.4) is 0 Å². The number of hydrogen-bond donors (Lipinski definition) is 0. The van der Waals surface area contributed by atoms with Gasteiger partial charge in [0.2, 0.25) is 5.91 Å². The maximum atomic E-state index is 12.5. The summed E-state index contributed by atoms with van der Waals surface area (Å²) in [5.41, 5.74) is 1.08. The monoisotopic (exact) mass is 381 g/mol. The van der Waals surface area contributed by atoms with Crippen LogP contribution < -0.4 is 9.64 Å². The van der Waals surface area contributed by atoms with Gasteiger partial charge in [-0.05, 0) is 18.6 Å². The van der Waals surface area contributed by atoms with Crippen molar-refractivity contribution in [2.24, 2.45) is 0 Å². The lowest BCUT2D eigenvalue weighted by atomic mass is 10.2. The number of carbonyl (C=O) groups is 1. The minimum atomic E-state index is -2.98. The van der Waals surface area contributed by atoms with E-state index in [9.17, 15) is 13.2 Å². The van der Waals surface area contributed by atoms with Gasteiger partial charge in [0.25, 0.3) is 0 Å². The molecule has 1 atom stereocenters. The maximum absolute atomic E-state index is 12.5. The van der Waals surface area contributed by atoms with E-state index in [4.69, 9.17) is 4.74 Å². The number of anilines is 1. The van der Waals surface area contributed by atoms with Crippen LogP contribution in [-0.2, 0) is 14.6 Å². The average Bonchev–Trinajstić information content (AvgIpc) is 3.01. The zero-order valence-electron chi connectivity index (χ0n) is 15.4. The Morgan fingerprint density at radius 3 is 2.54 bits per heavy atom. The molecule has 0 aliphatic carbocycles. The van der Waals surface area contributed by atoms with E-state index in [1.165, 1.54) is 0 Å². The van der Waals surface area contributed by atoms with Gasteiger partial charge in [-0.3, -0.25) is 9.69 Å². The molecule has 0 radical (unpaired) electrons. The lowest BCUT2D eigenvalue weighted by Gasteiger charge is -2.37. The summed E-state index contributed by atoms with van der Waals surface area (Å²) in [4.78, 5) is 18.5. The lowest BCUT2D eigenvalue weighted by Crippen LogP contribution is -2.51. The molecule has 8 heteroatoms. The van der Waals surface area contributed by atoms with E-state index in [1.54, 1.807) is 19.1 Å². The van der Waals surface area contributed by atoms with Crippen LogP contribution in [0.5, 0.6) is 5.75 Å². The first-order valence-corrected chi connectivity index (χ1v) is 10.8. The Morgan fingerprint density at radius 1 is 1.23 bits per heavy atom.